The van der Waals surface area contributed by atoms with E-state index >= 15 is 0 Å². The van der Waals surface area contributed by atoms with Crippen molar-refractivity contribution in [3.63, 3.8) is 0 Å². The van der Waals surface area contributed by atoms with Gasteiger partial charge in [0.2, 0.25) is 0 Å². The Balaban J connectivity index is 2.80. The highest BCUT2D eigenvalue weighted by Crippen LogP contribution is 2.00. The fraction of sp³-hybridized carbons (Fsp3) is 0.429. The van der Waals surface area contributed by atoms with Crippen LogP contribution in [0.15, 0.2) is 21.5 Å². The second-order valence-corrected chi connectivity index (χ2v) is 3.13. The van der Waals surface area contributed by atoms with Gasteiger partial charge in [0.05, 0.1) is 6.20 Å². The van der Waals surface area contributed by atoms with Gasteiger partial charge in [0, 0.05) is 10.5 Å². The zero-order valence-electron chi connectivity index (χ0n) is 6.66. The number of hydrogen-bond acceptors (Lipinski definition) is 3. The van der Waals surface area contributed by atoms with E-state index in [9.17, 15) is 4.79 Å². The summed E-state index contributed by atoms with van der Waals surface area (Å²) >= 11 is 3.13. The largest absolute Gasteiger partial charge is 0.394 e. The molecule has 0 radical (unpaired) electrons. The fourth-order valence-electron chi connectivity index (χ4n) is 0.650. The maximum atomic E-state index is 11.1. The van der Waals surface area contributed by atoms with Crippen LogP contribution in [0.3, 0.4) is 0 Å². The average Bonchev–Trinajstić information content (AvgIpc) is 2.03. The highest BCUT2D eigenvalue weighted by Gasteiger charge is 1.96. The van der Waals surface area contributed by atoms with Crippen LogP contribution >= 0.6 is 15.9 Å². The first-order chi connectivity index (χ1) is 5.74. The first-order valence-electron chi connectivity index (χ1n) is 3.62. The molecule has 0 N–H and O–H groups in total. The molecule has 0 saturated heterocycles. The maximum absolute atomic E-state index is 11.1. The van der Waals surface area contributed by atoms with Gasteiger partial charge in [-0.3, -0.25) is 4.79 Å². The van der Waals surface area contributed by atoms with Crippen LogP contribution in [-0.4, -0.2) is 16.6 Å². The van der Waals surface area contributed by atoms with E-state index in [2.05, 4.69) is 21.0 Å². The van der Waals surface area contributed by atoms with E-state index in [0.717, 1.165) is 11.3 Å². The SMILES string of the molecule is CCCOn1ncc(Br)cc1=O. The van der Waals surface area contributed by atoms with Crippen molar-refractivity contribution in [2.45, 2.75) is 13.3 Å². The molecule has 12 heavy (non-hydrogen) atoms. The summed E-state index contributed by atoms with van der Waals surface area (Å²) in [6.07, 6.45) is 2.36. The summed E-state index contributed by atoms with van der Waals surface area (Å²) in [5, 5.41) is 3.75. The van der Waals surface area contributed by atoms with Crippen LogP contribution in [0.2, 0.25) is 0 Å². The Morgan fingerprint density at radius 1 is 1.75 bits per heavy atom. The predicted molar refractivity (Wildman–Crippen MR) is 47.9 cm³/mol. The molecule has 0 amide bonds. The Kier molecular flexibility index (Phi) is 3.28. The molecular formula is C7H9BrN2O2. The van der Waals surface area contributed by atoms with E-state index < -0.39 is 0 Å². The molecule has 1 heterocycles. The summed E-state index contributed by atoms with van der Waals surface area (Å²) in [5.41, 5.74) is -0.266. The molecule has 0 spiro atoms. The highest BCUT2D eigenvalue weighted by molar-refractivity contribution is 9.10. The van der Waals surface area contributed by atoms with E-state index in [1.54, 1.807) is 0 Å². The van der Waals surface area contributed by atoms with Gasteiger partial charge in [-0.2, -0.15) is 0 Å². The summed E-state index contributed by atoms with van der Waals surface area (Å²) in [5.74, 6) is 0. The number of hydrogen-bond donors (Lipinski definition) is 0. The summed E-state index contributed by atoms with van der Waals surface area (Å²) in [7, 11) is 0. The lowest BCUT2D eigenvalue weighted by Gasteiger charge is -2.03. The van der Waals surface area contributed by atoms with E-state index in [1.165, 1.54) is 12.3 Å². The van der Waals surface area contributed by atoms with Crippen molar-refractivity contribution < 1.29 is 4.84 Å². The molecule has 0 unspecified atom stereocenters. The molecule has 0 aliphatic carbocycles. The first-order valence-corrected chi connectivity index (χ1v) is 4.41. The van der Waals surface area contributed by atoms with Gasteiger partial charge >= 0.3 is 5.56 Å². The standard InChI is InChI=1S/C7H9BrN2O2/c1-2-3-12-10-7(11)4-6(8)5-9-10/h4-5H,2-3H2,1H3. The van der Waals surface area contributed by atoms with Crippen LogP contribution in [0.5, 0.6) is 0 Å². The third kappa shape index (κ3) is 2.34. The quantitative estimate of drug-likeness (QED) is 0.777. The van der Waals surface area contributed by atoms with Gasteiger partial charge in [0.15, 0.2) is 0 Å². The predicted octanol–water partition coefficient (Wildman–Crippen LogP) is 0.844. The Labute approximate surface area is 78.2 Å². The number of aromatic nitrogens is 2. The number of rotatable bonds is 3. The molecule has 0 aliphatic heterocycles. The van der Waals surface area contributed by atoms with Crippen molar-refractivity contribution in [1.82, 2.24) is 9.94 Å². The van der Waals surface area contributed by atoms with Crippen LogP contribution in [0.1, 0.15) is 13.3 Å². The van der Waals surface area contributed by atoms with E-state index in [-0.39, 0.29) is 5.56 Å². The van der Waals surface area contributed by atoms with Crippen LogP contribution in [0, 0.1) is 0 Å². The third-order valence-corrected chi connectivity index (χ3v) is 1.59. The minimum absolute atomic E-state index is 0.266. The van der Waals surface area contributed by atoms with E-state index in [1.807, 2.05) is 6.92 Å². The molecule has 0 fully saturated rings. The zero-order valence-corrected chi connectivity index (χ0v) is 8.24. The lowest BCUT2D eigenvalue weighted by molar-refractivity contribution is 0.0718. The van der Waals surface area contributed by atoms with Crippen molar-refractivity contribution in [2.24, 2.45) is 0 Å². The van der Waals surface area contributed by atoms with Gasteiger partial charge in [-0.25, -0.2) is 0 Å². The molecule has 0 aliphatic rings. The summed E-state index contributed by atoms with van der Waals surface area (Å²) in [4.78, 5) is 17.1. The maximum Gasteiger partial charge on any atom is 0.304 e. The molecule has 1 aromatic heterocycles. The molecule has 0 atom stereocenters. The van der Waals surface area contributed by atoms with Gasteiger partial charge < -0.3 is 4.84 Å². The Morgan fingerprint density at radius 2 is 2.50 bits per heavy atom. The molecule has 1 aromatic rings. The lowest BCUT2D eigenvalue weighted by atomic mass is 10.5. The Hall–Kier alpha value is -0.840. The highest BCUT2D eigenvalue weighted by atomic mass is 79.9. The van der Waals surface area contributed by atoms with E-state index in [4.69, 9.17) is 4.84 Å². The molecule has 4 nitrogen and oxygen atoms in total. The van der Waals surface area contributed by atoms with Gasteiger partial charge in [0.25, 0.3) is 0 Å². The van der Waals surface area contributed by atoms with Crippen molar-refractivity contribution in [3.05, 3.63) is 27.1 Å². The number of halogens is 1. The van der Waals surface area contributed by atoms with Crippen molar-refractivity contribution in [2.75, 3.05) is 6.61 Å². The van der Waals surface area contributed by atoms with Crippen molar-refractivity contribution in [1.29, 1.82) is 0 Å². The summed E-state index contributed by atoms with van der Waals surface area (Å²) in [6.45, 7) is 2.46. The Morgan fingerprint density at radius 3 is 3.08 bits per heavy atom. The average molecular weight is 233 g/mol. The van der Waals surface area contributed by atoms with Crippen LogP contribution in [0.25, 0.3) is 0 Å². The minimum atomic E-state index is -0.266. The van der Waals surface area contributed by atoms with Gasteiger partial charge in [-0.15, -0.1) is 5.10 Å². The normalized spacial score (nSPS) is 9.83. The molecular weight excluding hydrogens is 224 g/mol. The summed E-state index contributed by atoms with van der Waals surface area (Å²) < 4.78 is 0.656. The van der Waals surface area contributed by atoms with Crippen LogP contribution in [-0.2, 0) is 0 Å². The molecule has 1 rings (SSSR count). The third-order valence-electron chi connectivity index (χ3n) is 1.15. The second kappa shape index (κ2) is 4.25. The molecule has 0 saturated carbocycles. The number of nitrogens with zero attached hydrogens (tertiary/aromatic N) is 2. The zero-order chi connectivity index (χ0) is 8.97. The Bertz CT molecular complexity index is 311. The molecule has 0 aromatic carbocycles. The second-order valence-electron chi connectivity index (χ2n) is 2.22. The topological polar surface area (TPSA) is 44.1 Å². The van der Waals surface area contributed by atoms with Gasteiger partial charge in [-0.1, -0.05) is 11.8 Å². The molecule has 0 bridgehead atoms. The van der Waals surface area contributed by atoms with Crippen LogP contribution < -0.4 is 10.4 Å². The van der Waals surface area contributed by atoms with Crippen molar-refractivity contribution >= 4 is 15.9 Å². The van der Waals surface area contributed by atoms with E-state index in [0.29, 0.717) is 11.1 Å². The lowest BCUT2D eigenvalue weighted by Crippen LogP contribution is -2.28. The fourth-order valence-corrected chi connectivity index (χ4v) is 0.937. The summed E-state index contributed by atoms with van der Waals surface area (Å²) in [6, 6.07) is 1.41. The smallest absolute Gasteiger partial charge is 0.304 e. The van der Waals surface area contributed by atoms with Crippen LogP contribution in [0.4, 0.5) is 0 Å². The van der Waals surface area contributed by atoms with Gasteiger partial charge in [-0.05, 0) is 22.4 Å². The molecule has 66 valence electrons. The first kappa shape index (κ1) is 9.25. The van der Waals surface area contributed by atoms with Crippen molar-refractivity contribution in [3.8, 4) is 0 Å². The monoisotopic (exact) mass is 232 g/mol. The van der Waals surface area contributed by atoms with Gasteiger partial charge in [0.1, 0.15) is 6.61 Å². The minimum Gasteiger partial charge on any atom is -0.394 e. The molecule has 5 heteroatoms.